The first kappa shape index (κ1) is 78.4. The Kier molecular flexibility index (Phi) is 18.1. The van der Waals surface area contributed by atoms with Gasteiger partial charge in [0.15, 0.2) is 0 Å². The van der Waals surface area contributed by atoms with Gasteiger partial charge in [0, 0.05) is 48.8 Å². The van der Waals surface area contributed by atoms with Gasteiger partial charge in [-0.15, -0.1) is 0 Å². The molecule has 30 rings (SSSR count). The van der Waals surface area contributed by atoms with Crippen molar-refractivity contribution in [2.24, 2.45) is 0 Å². The van der Waals surface area contributed by atoms with Crippen molar-refractivity contribution >= 4 is 206 Å². The largest absolute Gasteiger partial charge is 0.456 e. The van der Waals surface area contributed by atoms with Crippen molar-refractivity contribution in [2.45, 2.75) is 0 Å². The van der Waals surface area contributed by atoms with Gasteiger partial charge in [0.2, 0.25) is 0 Å². The summed E-state index contributed by atoms with van der Waals surface area (Å²) in [7, 11) is 0. The number of rotatable bonds is 8. The lowest BCUT2D eigenvalue weighted by molar-refractivity contribution is 0.669. The monoisotopic (exact) mass is 1750 g/mol. The molecule has 26 aromatic carbocycles. The topological polar surface area (TPSA) is 44.4 Å². The molecular formula is C134H81NO3. The van der Waals surface area contributed by atoms with E-state index in [1.807, 2.05) is 0 Å². The number of benzene rings is 26. The second-order valence-electron chi connectivity index (χ2n) is 36.6. The predicted octanol–water partition coefficient (Wildman–Crippen LogP) is 38.2. The van der Waals surface area contributed by atoms with Gasteiger partial charge in [0.05, 0.1) is 11.0 Å². The fourth-order valence-corrected chi connectivity index (χ4v) is 22.7. The maximum Gasteiger partial charge on any atom is 0.136 e. The van der Waals surface area contributed by atoms with Gasteiger partial charge in [0.1, 0.15) is 33.5 Å². The van der Waals surface area contributed by atoms with Gasteiger partial charge in [-0.2, -0.15) is 0 Å². The smallest absolute Gasteiger partial charge is 0.136 e. The molecular weight excluding hydrogens is 1670 g/mol. The van der Waals surface area contributed by atoms with Crippen LogP contribution in [0.15, 0.2) is 505 Å². The minimum atomic E-state index is 0.910. The molecule has 4 heteroatoms. The summed E-state index contributed by atoms with van der Waals surface area (Å²) in [5.41, 5.74) is 26.4. The van der Waals surface area contributed by atoms with Gasteiger partial charge in [-0.25, -0.2) is 0 Å². The van der Waals surface area contributed by atoms with Crippen LogP contribution in [0.1, 0.15) is 0 Å². The zero-order chi connectivity index (χ0) is 90.6. The molecule has 4 heterocycles. The first-order valence-electron chi connectivity index (χ1n) is 47.5. The third-order valence-electron chi connectivity index (χ3n) is 29.0. The van der Waals surface area contributed by atoms with Crippen LogP contribution >= 0.6 is 0 Å². The van der Waals surface area contributed by atoms with Crippen LogP contribution in [0.4, 0.5) is 0 Å². The summed E-state index contributed by atoms with van der Waals surface area (Å²) in [6.45, 7) is 0. The molecule has 4 aromatic heterocycles. The average molecular weight is 1750 g/mol. The molecule has 0 bridgehead atoms. The van der Waals surface area contributed by atoms with Gasteiger partial charge in [-0.3, -0.25) is 0 Å². The van der Waals surface area contributed by atoms with E-state index < -0.39 is 0 Å². The van der Waals surface area contributed by atoms with Gasteiger partial charge in [0.25, 0.3) is 0 Å². The van der Waals surface area contributed by atoms with E-state index in [4.69, 9.17) is 13.3 Å². The summed E-state index contributed by atoms with van der Waals surface area (Å²) in [5, 5.41) is 36.7. The average Bonchev–Trinajstić information content (AvgIpc) is 0.863. The van der Waals surface area contributed by atoms with E-state index in [1.54, 1.807) is 0 Å². The number of para-hydroxylation sites is 2. The van der Waals surface area contributed by atoms with E-state index in [0.29, 0.717) is 0 Å². The summed E-state index contributed by atoms with van der Waals surface area (Å²) in [5.74, 6) is 0. The molecule has 30 aromatic rings. The maximum absolute atomic E-state index is 6.39. The first-order valence-corrected chi connectivity index (χ1v) is 47.5. The third kappa shape index (κ3) is 12.8. The van der Waals surface area contributed by atoms with Crippen LogP contribution in [-0.2, 0) is 0 Å². The van der Waals surface area contributed by atoms with E-state index >= 15 is 0 Å². The third-order valence-corrected chi connectivity index (χ3v) is 29.0. The maximum atomic E-state index is 6.39. The van der Waals surface area contributed by atoms with E-state index in [-0.39, 0.29) is 0 Å². The lowest BCUT2D eigenvalue weighted by Crippen LogP contribution is -1.94. The Morgan fingerprint density at radius 1 is 0.123 bits per heavy atom. The lowest BCUT2D eigenvalue weighted by atomic mass is 9.84. The highest BCUT2D eigenvalue weighted by atomic mass is 16.3. The highest BCUT2D eigenvalue weighted by Gasteiger charge is 2.25. The summed E-state index contributed by atoms with van der Waals surface area (Å²) < 4.78 is 21.5. The van der Waals surface area contributed by atoms with Crippen LogP contribution < -0.4 is 0 Å². The molecule has 0 N–H and O–H groups in total. The number of nitrogens with zero attached hydrogens (tertiary/aromatic N) is 1. The van der Waals surface area contributed by atoms with E-state index in [1.165, 1.54) is 218 Å². The van der Waals surface area contributed by atoms with Gasteiger partial charge < -0.3 is 17.8 Å². The zero-order valence-corrected chi connectivity index (χ0v) is 74.9. The van der Waals surface area contributed by atoms with Crippen molar-refractivity contribution in [1.29, 1.82) is 0 Å². The molecule has 640 valence electrons. The van der Waals surface area contributed by atoms with Crippen LogP contribution in [0.5, 0.6) is 0 Å². The number of aromatic nitrogens is 1. The SMILES string of the molecule is c1cc(-c2ccc3ccccc3c2)cc(-c2c3ccccc3c(-c3ccc4oc5cc6ccccc6cc5c4c3)c3ccccc23)c1.c1ccc2cc3c(cc2c1)oc1ccc(-c2c4ccccc4c(-c4ccc(-n5c6ccccc6c6ccccc65)cc4)c4ccccc24)cc13.c1ccc2cc3c(cc2c1)oc1ccc(-c2c4ccccc4c(-c4cccc5ccccc45)c4ccccc24)cc13. The summed E-state index contributed by atoms with van der Waals surface area (Å²) in [4.78, 5) is 0. The molecule has 0 unspecified atom stereocenters. The molecule has 0 saturated carbocycles. The van der Waals surface area contributed by atoms with Crippen molar-refractivity contribution in [3.63, 3.8) is 0 Å². The van der Waals surface area contributed by atoms with Crippen molar-refractivity contribution < 1.29 is 13.3 Å². The molecule has 0 saturated heterocycles. The predicted molar refractivity (Wildman–Crippen MR) is 586 cm³/mol. The number of furan rings is 3. The van der Waals surface area contributed by atoms with Gasteiger partial charge >= 0.3 is 0 Å². The lowest BCUT2D eigenvalue weighted by Gasteiger charge is -2.18. The Morgan fingerprint density at radius 2 is 0.377 bits per heavy atom. The summed E-state index contributed by atoms with van der Waals surface area (Å²) in [6, 6.07) is 178. The Balaban J connectivity index is 0.000000103. The fourth-order valence-electron chi connectivity index (χ4n) is 22.7. The normalized spacial score (nSPS) is 11.9. The van der Waals surface area contributed by atoms with E-state index in [2.05, 4.69) is 496 Å². The van der Waals surface area contributed by atoms with E-state index in [0.717, 1.165) is 71.5 Å². The van der Waals surface area contributed by atoms with Crippen molar-refractivity contribution in [1.82, 2.24) is 4.57 Å². The molecule has 0 fully saturated rings. The molecule has 0 aliphatic rings. The van der Waals surface area contributed by atoms with E-state index in [9.17, 15) is 0 Å². The molecule has 4 nitrogen and oxygen atoms in total. The number of hydrogen-bond donors (Lipinski definition) is 0. The Bertz CT molecular complexity index is 10100. The van der Waals surface area contributed by atoms with Crippen LogP contribution in [0.2, 0.25) is 0 Å². The Labute approximate surface area is 793 Å². The van der Waals surface area contributed by atoms with Crippen LogP contribution in [0, 0.1) is 0 Å². The highest BCUT2D eigenvalue weighted by Crippen LogP contribution is 2.52. The Morgan fingerprint density at radius 3 is 0.761 bits per heavy atom. The minimum absolute atomic E-state index is 0.910. The van der Waals surface area contributed by atoms with Crippen molar-refractivity contribution in [3.05, 3.63) is 491 Å². The van der Waals surface area contributed by atoms with Gasteiger partial charge in [-0.05, 0) is 306 Å². The Hall–Kier alpha value is -18.2. The van der Waals surface area contributed by atoms with Gasteiger partial charge in [-0.1, -0.05) is 382 Å². The van der Waals surface area contributed by atoms with Crippen molar-refractivity contribution in [3.8, 4) is 83.6 Å². The number of hydrogen-bond acceptors (Lipinski definition) is 3. The van der Waals surface area contributed by atoms with Crippen molar-refractivity contribution in [2.75, 3.05) is 0 Å². The standard InChI is InChI=1S/C48H29NO.C46H28O.C40H24O/c1-2-12-32-29-46-42(27-31(32)11-1)41-28-33(23-26-45(41)50-46)48-39-17-5-3-15-37(39)47(38-16-4-6-18-40(38)48)30-21-24-34(25-22-30)49-43-19-9-7-13-35(43)36-14-8-10-20-44(36)49;1-2-11-30-24-34(21-20-29(30)10-1)31-14-9-15-35(25-31)45-37-16-5-7-18-39(37)46(40-19-8-6-17-38(40)45)36-22-23-43-41(27-36)42-26-32-12-3-4-13-33(32)28-44(42)47-43;1-2-12-27-24-38-36(22-26(27)11-1)35-23-28(20-21-37(35)41-38)39-31-15-5-7-17-33(31)40(34-18-8-6-16-32(34)39)30-19-9-13-25-10-3-4-14-29(25)30/h1-29H;1-28H;1-24H. The zero-order valence-electron chi connectivity index (χ0n) is 74.9. The molecule has 0 aliphatic carbocycles. The molecule has 0 radical (unpaired) electrons. The molecule has 0 spiro atoms. The quantitative estimate of drug-likeness (QED) is 0.142. The summed E-state index contributed by atoms with van der Waals surface area (Å²) in [6.07, 6.45) is 0. The molecule has 0 atom stereocenters. The second-order valence-corrected chi connectivity index (χ2v) is 36.6. The summed E-state index contributed by atoms with van der Waals surface area (Å²) >= 11 is 0. The minimum Gasteiger partial charge on any atom is -0.456 e. The molecule has 0 aliphatic heterocycles. The van der Waals surface area contributed by atoms with Crippen LogP contribution in [-0.4, -0.2) is 4.57 Å². The molecule has 138 heavy (non-hydrogen) atoms. The number of fused-ring (bicyclic) bond motifs is 23. The first-order chi connectivity index (χ1) is 68.4. The van der Waals surface area contributed by atoms with Crippen LogP contribution in [0.25, 0.3) is 290 Å². The molecule has 0 amide bonds. The second kappa shape index (κ2) is 31.8. The highest BCUT2D eigenvalue weighted by molar-refractivity contribution is 6.28. The van der Waals surface area contributed by atoms with Crippen LogP contribution in [0.3, 0.4) is 0 Å². The fraction of sp³-hybridized carbons (Fsp3) is 0.